The molecule has 23 heavy (non-hydrogen) atoms. The van der Waals surface area contributed by atoms with E-state index in [9.17, 15) is 20.0 Å². The number of esters is 1. The second-order valence-electron chi connectivity index (χ2n) is 4.84. The average molecular weight is 313 g/mol. The number of hydrogen-bond donors (Lipinski definition) is 1. The van der Waals surface area contributed by atoms with Crippen LogP contribution in [0.3, 0.4) is 0 Å². The second kappa shape index (κ2) is 7.33. The Hall–Kier alpha value is -2.99. The molecule has 2 rings (SSSR count). The predicted octanol–water partition coefficient (Wildman–Crippen LogP) is 2.93. The molecule has 2 aromatic rings. The molecule has 0 aliphatic heterocycles. The molecule has 0 amide bonds. The third-order valence-corrected chi connectivity index (χ3v) is 3.22. The molecule has 0 saturated heterocycles. The largest absolute Gasteiger partial charge is 0.457 e. The molecule has 0 spiro atoms. The fraction of sp³-hybridized carbons (Fsp3) is 0.118. The molecule has 118 valence electrons. The molecule has 0 radical (unpaired) electrons. The molecule has 0 heterocycles. The van der Waals surface area contributed by atoms with Crippen molar-refractivity contribution < 1.29 is 19.6 Å². The zero-order valence-electron chi connectivity index (χ0n) is 12.2. The van der Waals surface area contributed by atoms with Gasteiger partial charge in [0.25, 0.3) is 5.69 Å². The minimum atomic E-state index is -1.28. The van der Waals surface area contributed by atoms with Gasteiger partial charge in [-0.2, -0.15) is 0 Å². The molecule has 0 saturated carbocycles. The SMILES string of the molecule is C=C(C(=O)OCc1ccccc1)[C@@H](O)c1ccc([N+](=O)[O-])cc1. The maximum atomic E-state index is 11.9. The van der Waals surface area contributed by atoms with Crippen LogP contribution in [0.25, 0.3) is 0 Å². The minimum Gasteiger partial charge on any atom is -0.457 e. The summed E-state index contributed by atoms with van der Waals surface area (Å²) in [5.41, 5.74) is 0.920. The number of non-ortho nitro benzene ring substituents is 1. The lowest BCUT2D eigenvalue weighted by Gasteiger charge is -2.13. The van der Waals surface area contributed by atoms with E-state index in [0.717, 1.165) is 5.56 Å². The highest BCUT2D eigenvalue weighted by atomic mass is 16.6. The van der Waals surface area contributed by atoms with Gasteiger partial charge in [0.1, 0.15) is 12.7 Å². The predicted molar refractivity (Wildman–Crippen MR) is 83.4 cm³/mol. The number of nitro groups is 1. The molecule has 0 aliphatic rings. The van der Waals surface area contributed by atoms with Crippen molar-refractivity contribution in [1.82, 2.24) is 0 Å². The van der Waals surface area contributed by atoms with Gasteiger partial charge in [-0.05, 0) is 23.3 Å². The smallest absolute Gasteiger partial charge is 0.336 e. The lowest BCUT2D eigenvalue weighted by Crippen LogP contribution is -2.13. The van der Waals surface area contributed by atoms with Crippen molar-refractivity contribution in [3.8, 4) is 0 Å². The number of rotatable bonds is 6. The first-order valence-electron chi connectivity index (χ1n) is 6.81. The maximum absolute atomic E-state index is 11.9. The molecule has 1 N–H and O–H groups in total. The van der Waals surface area contributed by atoms with Gasteiger partial charge in [-0.15, -0.1) is 0 Å². The lowest BCUT2D eigenvalue weighted by atomic mass is 10.0. The molecule has 0 fully saturated rings. The zero-order chi connectivity index (χ0) is 16.8. The summed E-state index contributed by atoms with van der Waals surface area (Å²) in [4.78, 5) is 22.0. The fourth-order valence-corrected chi connectivity index (χ4v) is 1.91. The van der Waals surface area contributed by atoms with Crippen molar-refractivity contribution in [3.63, 3.8) is 0 Å². The Kier molecular flexibility index (Phi) is 5.22. The summed E-state index contributed by atoms with van der Waals surface area (Å²) < 4.78 is 5.09. The van der Waals surface area contributed by atoms with Crippen LogP contribution in [0.15, 0.2) is 66.7 Å². The Balaban J connectivity index is 1.98. The van der Waals surface area contributed by atoms with E-state index < -0.39 is 17.0 Å². The standard InChI is InChI=1S/C17H15NO5/c1-12(17(20)23-11-13-5-3-2-4-6-13)16(19)14-7-9-15(10-8-14)18(21)22/h2-10,16,19H,1,11H2/t16-/m1/s1. The van der Waals surface area contributed by atoms with Crippen molar-refractivity contribution >= 4 is 11.7 Å². The Morgan fingerprint density at radius 3 is 2.35 bits per heavy atom. The Bertz CT molecular complexity index is 710. The number of nitrogens with zero attached hydrogens (tertiary/aromatic N) is 1. The molecule has 6 heteroatoms. The fourth-order valence-electron chi connectivity index (χ4n) is 1.91. The van der Waals surface area contributed by atoms with Crippen LogP contribution in [0.4, 0.5) is 5.69 Å². The average Bonchev–Trinajstić information content (AvgIpc) is 2.59. The molecule has 2 aromatic carbocycles. The van der Waals surface area contributed by atoms with Crippen LogP contribution in [-0.4, -0.2) is 16.0 Å². The number of hydrogen-bond acceptors (Lipinski definition) is 5. The van der Waals surface area contributed by atoms with Gasteiger partial charge < -0.3 is 9.84 Å². The molecule has 1 atom stereocenters. The summed E-state index contributed by atoms with van der Waals surface area (Å²) in [6.45, 7) is 3.62. The first kappa shape index (κ1) is 16.4. The van der Waals surface area contributed by atoms with E-state index in [2.05, 4.69) is 6.58 Å². The quantitative estimate of drug-likeness (QED) is 0.383. The topological polar surface area (TPSA) is 89.7 Å². The summed E-state index contributed by atoms with van der Waals surface area (Å²) in [6, 6.07) is 14.4. The van der Waals surface area contributed by atoms with Crippen LogP contribution in [0.1, 0.15) is 17.2 Å². The van der Waals surface area contributed by atoms with Crippen molar-refractivity contribution in [2.24, 2.45) is 0 Å². The number of benzene rings is 2. The van der Waals surface area contributed by atoms with Crippen LogP contribution >= 0.6 is 0 Å². The van der Waals surface area contributed by atoms with Gasteiger partial charge in [0.15, 0.2) is 0 Å². The van der Waals surface area contributed by atoms with E-state index in [4.69, 9.17) is 4.74 Å². The van der Waals surface area contributed by atoms with Gasteiger partial charge in [0, 0.05) is 12.1 Å². The van der Waals surface area contributed by atoms with Crippen molar-refractivity contribution in [3.05, 3.63) is 88.0 Å². The highest BCUT2D eigenvalue weighted by molar-refractivity contribution is 5.89. The summed E-state index contributed by atoms with van der Waals surface area (Å²) >= 11 is 0. The van der Waals surface area contributed by atoms with Gasteiger partial charge in [-0.3, -0.25) is 10.1 Å². The first-order chi connectivity index (χ1) is 11.0. The number of ether oxygens (including phenoxy) is 1. The van der Waals surface area contributed by atoms with Crippen molar-refractivity contribution in [2.45, 2.75) is 12.7 Å². The van der Waals surface area contributed by atoms with Gasteiger partial charge in [0.2, 0.25) is 0 Å². The number of aliphatic hydroxyl groups is 1. The molecular weight excluding hydrogens is 298 g/mol. The summed E-state index contributed by atoms with van der Waals surface area (Å²) in [7, 11) is 0. The Morgan fingerprint density at radius 2 is 1.78 bits per heavy atom. The molecule has 0 aromatic heterocycles. The molecule has 0 unspecified atom stereocenters. The zero-order valence-corrected chi connectivity index (χ0v) is 12.2. The van der Waals surface area contributed by atoms with E-state index in [1.165, 1.54) is 24.3 Å². The number of carbonyl (C=O) groups is 1. The number of aliphatic hydroxyl groups excluding tert-OH is 1. The Labute approximate surface area is 132 Å². The summed E-state index contributed by atoms with van der Waals surface area (Å²) in [6.07, 6.45) is -1.28. The van der Waals surface area contributed by atoms with E-state index >= 15 is 0 Å². The van der Waals surface area contributed by atoms with Crippen molar-refractivity contribution in [2.75, 3.05) is 0 Å². The van der Waals surface area contributed by atoms with Crippen LogP contribution in [0, 0.1) is 10.1 Å². The highest BCUT2D eigenvalue weighted by Gasteiger charge is 2.20. The number of carbonyl (C=O) groups excluding carboxylic acids is 1. The van der Waals surface area contributed by atoms with Gasteiger partial charge in [-0.25, -0.2) is 4.79 Å². The summed E-state index contributed by atoms with van der Waals surface area (Å²) in [5.74, 6) is -0.722. The molecule has 6 nitrogen and oxygen atoms in total. The van der Waals surface area contributed by atoms with E-state index in [1.807, 2.05) is 30.3 Å². The van der Waals surface area contributed by atoms with E-state index in [-0.39, 0.29) is 17.9 Å². The monoisotopic (exact) mass is 313 g/mol. The number of nitro benzene ring substituents is 1. The van der Waals surface area contributed by atoms with Crippen LogP contribution in [0.2, 0.25) is 0 Å². The third kappa shape index (κ3) is 4.24. The third-order valence-electron chi connectivity index (χ3n) is 3.22. The first-order valence-corrected chi connectivity index (χ1v) is 6.81. The van der Waals surface area contributed by atoms with Gasteiger partial charge >= 0.3 is 5.97 Å². The molecular formula is C17H15NO5. The van der Waals surface area contributed by atoms with Crippen molar-refractivity contribution in [1.29, 1.82) is 0 Å². The summed E-state index contributed by atoms with van der Waals surface area (Å²) in [5, 5.41) is 20.7. The Morgan fingerprint density at radius 1 is 1.17 bits per heavy atom. The van der Waals surface area contributed by atoms with E-state index in [0.29, 0.717) is 5.56 Å². The normalized spacial score (nSPS) is 11.5. The minimum absolute atomic E-state index is 0.0751. The molecule has 0 bridgehead atoms. The molecule has 0 aliphatic carbocycles. The van der Waals surface area contributed by atoms with Crippen LogP contribution < -0.4 is 0 Å². The van der Waals surface area contributed by atoms with Gasteiger partial charge in [0.05, 0.1) is 10.5 Å². The maximum Gasteiger partial charge on any atom is 0.336 e. The second-order valence-corrected chi connectivity index (χ2v) is 4.84. The highest BCUT2D eigenvalue weighted by Crippen LogP contribution is 2.23. The van der Waals surface area contributed by atoms with Crippen LogP contribution in [-0.2, 0) is 16.1 Å². The van der Waals surface area contributed by atoms with E-state index in [1.54, 1.807) is 0 Å². The van der Waals surface area contributed by atoms with Crippen LogP contribution in [0.5, 0.6) is 0 Å². The lowest BCUT2D eigenvalue weighted by molar-refractivity contribution is -0.384. The van der Waals surface area contributed by atoms with Gasteiger partial charge in [-0.1, -0.05) is 36.9 Å².